The highest BCUT2D eigenvalue weighted by atomic mass is 35.5. The number of halogens is 2. The maximum absolute atomic E-state index is 10.1. The predicted molar refractivity (Wildman–Crippen MR) is 63.3 cm³/mol. The molecule has 1 fully saturated rings. The predicted octanol–water partition coefficient (Wildman–Crippen LogP) is 4.07. The van der Waals surface area contributed by atoms with Gasteiger partial charge in [0.25, 0.3) is 0 Å². The largest absolute Gasteiger partial charge is 0.388 e. The molecule has 1 aliphatic carbocycles. The Labute approximate surface area is 100 Å². The van der Waals surface area contributed by atoms with Crippen LogP contribution in [-0.4, -0.2) is 5.11 Å². The van der Waals surface area contributed by atoms with Crippen molar-refractivity contribution in [3.05, 3.63) is 33.8 Å². The van der Waals surface area contributed by atoms with Gasteiger partial charge in [-0.1, -0.05) is 43.1 Å². The van der Waals surface area contributed by atoms with Gasteiger partial charge in [-0.15, -0.1) is 0 Å². The quantitative estimate of drug-likeness (QED) is 0.832. The fourth-order valence-electron chi connectivity index (χ4n) is 1.98. The van der Waals surface area contributed by atoms with Gasteiger partial charge in [-0.3, -0.25) is 0 Å². The second kappa shape index (κ2) is 3.65. The summed E-state index contributed by atoms with van der Waals surface area (Å²) in [6.45, 7) is 4.33. The van der Waals surface area contributed by atoms with Crippen LogP contribution in [-0.2, 0) is 0 Å². The average molecular weight is 245 g/mol. The van der Waals surface area contributed by atoms with Crippen molar-refractivity contribution >= 4 is 23.2 Å². The lowest BCUT2D eigenvalue weighted by Crippen LogP contribution is -2.04. The van der Waals surface area contributed by atoms with E-state index in [4.69, 9.17) is 23.2 Å². The van der Waals surface area contributed by atoms with Crippen molar-refractivity contribution in [3.8, 4) is 0 Å². The number of aliphatic hydroxyl groups is 1. The first-order valence-electron chi connectivity index (χ1n) is 5.05. The smallest absolute Gasteiger partial charge is 0.0824 e. The van der Waals surface area contributed by atoms with Gasteiger partial charge in [0, 0.05) is 0 Å². The Bertz CT molecular complexity index is 387. The van der Waals surface area contributed by atoms with Crippen molar-refractivity contribution in [1.82, 2.24) is 0 Å². The number of benzene rings is 1. The third kappa shape index (κ3) is 2.15. The third-order valence-electron chi connectivity index (χ3n) is 3.26. The van der Waals surface area contributed by atoms with Gasteiger partial charge in [-0.05, 0) is 35.4 Å². The molecule has 1 saturated carbocycles. The standard InChI is InChI=1S/C12H14Cl2O/c1-12(2)6-8(12)11(15)7-3-4-9(13)10(14)5-7/h3-5,8,11,15H,6H2,1-2H3. The maximum atomic E-state index is 10.1. The van der Waals surface area contributed by atoms with Crippen LogP contribution in [0, 0.1) is 11.3 Å². The second-order valence-electron chi connectivity index (χ2n) is 4.92. The Morgan fingerprint density at radius 1 is 1.33 bits per heavy atom. The summed E-state index contributed by atoms with van der Waals surface area (Å²) < 4.78 is 0. The van der Waals surface area contributed by atoms with E-state index in [0.29, 0.717) is 16.0 Å². The van der Waals surface area contributed by atoms with Gasteiger partial charge < -0.3 is 5.11 Å². The molecule has 1 aromatic rings. The van der Waals surface area contributed by atoms with Crippen LogP contribution >= 0.6 is 23.2 Å². The van der Waals surface area contributed by atoms with Crippen LogP contribution in [0.15, 0.2) is 18.2 Å². The zero-order chi connectivity index (χ0) is 11.2. The monoisotopic (exact) mass is 244 g/mol. The van der Waals surface area contributed by atoms with Crippen LogP contribution in [0.1, 0.15) is 31.9 Å². The van der Waals surface area contributed by atoms with Gasteiger partial charge in [0.05, 0.1) is 16.1 Å². The summed E-state index contributed by atoms with van der Waals surface area (Å²) >= 11 is 11.7. The normalized spacial score (nSPS) is 25.0. The van der Waals surface area contributed by atoms with Gasteiger partial charge >= 0.3 is 0 Å². The van der Waals surface area contributed by atoms with E-state index in [2.05, 4.69) is 13.8 Å². The van der Waals surface area contributed by atoms with Gasteiger partial charge in [0.1, 0.15) is 0 Å². The third-order valence-corrected chi connectivity index (χ3v) is 3.99. The molecule has 0 spiro atoms. The molecule has 1 aliphatic rings. The summed E-state index contributed by atoms with van der Waals surface area (Å²) in [4.78, 5) is 0. The van der Waals surface area contributed by atoms with E-state index < -0.39 is 6.10 Å². The van der Waals surface area contributed by atoms with E-state index in [9.17, 15) is 5.11 Å². The molecule has 1 nitrogen and oxygen atoms in total. The Kier molecular flexibility index (Phi) is 2.74. The molecule has 15 heavy (non-hydrogen) atoms. The minimum absolute atomic E-state index is 0.255. The summed E-state index contributed by atoms with van der Waals surface area (Å²) in [7, 11) is 0. The lowest BCUT2D eigenvalue weighted by Gasteiger charge is -2.13. The Morgan fingerprint density at radius 2 is 1.93 bits per heavy atom. The van der Waals surface area contributed by atoms with E-state index in [1.54, 1.807) is 12.1 Å². The number of hydrogen-bond donors (Lipinski definition) is 1. The van der Waals surface area contributed by atoms with Crippen molar-refractivity contribution < 1.29 is 5.11 Å². The Hall–Kier alpha value is -0.240. The van der Waals surface area contributed by atoms with Crippen LogP contribution in [0.25, 0.3) is 0 Å². The van der Waals surface area contributed by atoms with Crippen LogP contribution < -0.4 is 0 Å². The molecule has 0 heterocycles. The molecule has 0 bridgehead atoms. The minimum atomic E-state index is -0.422. The molecule has 0 saturated heterocycles. The van der Waals surface area contributed by atoms with Gasteiger partial charge in [0.15, 0.2) is 0 Å². The molecule has 1 aromatic carbocycles. The van der Waals surface area contributed by atoms with E-state index >= 15 is 0 Å². The molecular weight excluding hydrogens is 231 g/mol. The first-order chi connectivity index (χ1) is 6.92. The fourth-order valence-corrected chi connectivity index (χ4v) is 2.28. The Balaban J connectivity index is 2.20. The number of hydrogen-bond acceptors (Lipinski definition) is 1. The van der Waals surface area contributed by atoms with Gasteiger partial charge in [-0.2, -0.15) is 0 Å². The molecule has 1 N–H and O–H groups in total. The molecule has 0 aromatic heterocycles. The SMILES string of the molecule is CC1(C)CC1C(O)c1ccc(Cl)c(Cl)c1. The van der Waals surface area contributed by atoms with Gasteiger partial charge in [0.2, 0.25) is 0 Å². The van der Waals surface area contributed by atoms with E-state index in [-0.39, 0.29) is 5.41 Å². The highest BCUT2D eigenvalue weighted by molar-refractivity contribution is 6.42. The van der Waals surface area contributed by atoms with Crippen LogP contribution in [0.3, 0.4) is 0 Å². The first-order valence-corrected chi connectivity index (χ1v) is 5.80. The van der Waals surface area contributed by atoms with Crippen LogP contribution in [0.4, 0.5) is 0 Å². The Morgan fingerprint density at radius 3 is 2.40 bits per heavy atom. The zero-order valence-corrected chi connectivity index (χ0v) is 10.3. The van der Waals surface area contributed by atoms with Crippen LogP contribution in [0.5, 0.6) is 0 Å². The van der Waals surface area contributed by atoms with Crippen molar-refractivity contribution in [1.29, 1.82) is 0 Å². The minimum Gasteiger partial charge on any atom is -0.388 e. The van der Waals surface area contributed by atoms with Crippen molar-refractivity contribution in [2.75, 3.05) is 0 Å². The lowest BCUT2D eigenvalue weighted by atomic mass is 10.00. The summed E-state index contributed by atoms with van der Waals surface area (Å²) in [5, 5.41) is 11.1. The summed E-state index contributed by atoms with van der Waals surface area (Å²) in [5.74, 6) is 0.342. The highest BCUT2D eigenvalue weighted by Crippen LogP contribution is 2.57. The maximum Gasteiger partial charge on any atom is 0.0824 e. The summed E-state index contributed by atoms with van der Waals surface area (Å²) in [6, 6.07) is 5.33. The zero-order valence-electron chi connectivity index (χ0n) is 8.80. The van der Waals surface area contributed by atoms with Crippen molar-refractivity contribution in [2.45, 2.75) is 26.4 Å². The summed E-state index contributed by atoms with van der Waals surface area (Å²) in [5.41, 5.74) is 1.12. The van der Waals surface area contributed by atoms with Crippen molar-refractivity contribution in [3.63, 3.8) is 0 Å². The first kappa shape index (κ1) is 11.3. The molecule has 82 valence electrons. The summed E-state index contributed by atoms with van der Waals surface area (Å²) in [6.07, 6.45) is 0.642. The molecule has 0 amide bonds. The number of aliphatic hydroxyl groups excluding tert-OH is 1. The molecule has 0 aliphatic heterocycles. The molecule has 2 unspecified atom stereocenters. The topological polar surface area (TPSA) is 20.2 Å². The van der Waals surface area contributed by atoms with Crippen LogP contribution in [0.2, 0.25) is 10.0 Å². The molecule has 0 radical (unpaired) electrons. The van der Waals surface area contributed by atoms with E-state index in [1.807, 2.05) is 6.07 Å². The molecule has 3 heteroatoms. The fraction of sp³-hybridized carbons (Fsp3) is 0.500. The highest BCUT2D eigenvalue weighted by Gasteiger charge is 2.50. The molecular formula is C12H14Cl2O. The van der Waals surface area contributed by atoms with E-state index in [0.717, 1.165) is 12.0 Å². The second-order valence-corrected chi connectivity index (χ2v) is 5.73. The van der Waals surface area contributed by atoms with E-state index in [1.165, 1.54) is 0 Å². The number of rotatable bonds is 2. The lowest BCUT2D eigenvalue weighted by molar-refractivity contribution is 0.138. The molecule has 2 atom stereocenters. The molecule has 2 rings (SSSR count). The van der Waals surface area contributed by atoms with Crippen molar-refractivity contribution in [2.24, 2.45) is 11.3 Å². The van der Waals surface area contributed by atoms with Gasteiger partial charge in [-0.25, -0.2) is 0 Å². The average Bonchev–Trinajstić information content (AvgIpc) is 2.79.